The average molecular weight is 360 g/mol. The Kier molecular flexibility index (Phi) is 10.6. The molecule has 9 atom stereocenters. The summed E-state index contributed by atoms with van der Waals surface area (Å²) in [6.45, 7) is -1.29. The van der Waals surface area contributed by atoms with Crippen LogP contribution in [0.25, 0.3) is 0 Å². The van der Waals surface area contributed by atoms with Crippen LogP contribution in [0, 0.1) is 0 Å². The van der Waals surface area contributed by atoms with Gasteiger partial charge in [0.2, 0.25) is 0 Å². The summed E-state index contributed by atoms with van der Waals surface area (Å²) in [5.41, 5.74) is 0. The summed E-state index contributed by atoms with van der Waals surface area (Å²) in [5.74, 6) is 0. The van der Waals surface area contributed by atoms with Crippen molar-refractivity contribution in [3.05, 3.63) is 0 Å². The highest BCUT2D eigenvalue weighted by molar-refractivity contribution is 5.56. The second kappa shape index (κ2) is 11.0. The first-order valence-electron chi connectivity index (χ1n) is 6.89. The van der Waals surface area contributed by atoms with E-state index in [1.54, 1.807) is 0 Å². The number of rotatable bonds is 6. The molecule has 12 nitrogen and oxygen atoms in total. The molecule has 0 aromatic carbocycles. The van der Waals surface area contributed by atoms with E-state index in [9.17, 15) is 4.79 Å². The van der Waals surface area contributed by atoms with Gasteiger partial charge in [0.25, 0.3) is 0 Å². The second-order valence-corrected chi connectivity index (χ2v) is 5.08. The maximum atomic E-state index is 9.90. The lowest BCUT2D eigenvalue weighted by Gasteiger charge is -2.37. The van der Waals surface area contributed by atoms with Crippen molar-refractivity contribution < 1.29 is 60.6 Å². The number of carbonyl (C=O) groups excluding carboxylic acids is 1. The molecular weight excluding hydrogens is 336 g/mol. The fraction of sp³-hybridized carbons (Fsp3) is 0.917. The van der Waals surface area contributed by atoms with E-state index in [1.165, 1.54) is 0 Å². The monoisotopic (exact) mass is 360 g/mol. The zero-order chi connectivity index (χ0) is 19.0. The van der Waals surface area contributed by atoms with E-state index in [1.807, 2.05) is 0 Å². The smallest absolute Gasteiger partial charge is 0.184 e. The largest absolute Gasteiger partial charge is 0.394 e. The molecule has 1 saturated heterocycles. The fourth-order valence-electron chi connectivity index (χ4n) is 1.70. The van der Waals surface area contributed by atoms with Gasteiger partial charge in [-0.25, -0.2) is 0 Å². The molecule has 5 unspecified atom stereocenters. The summed E-state index contributed by atoms with van der Waals surface area (Å²) in [6.07, 6.45) is -13.9. The Morgan fingerprint density at radius 3 is 1.83 bits per heavy atom. The molecule has 0 aromatic heterocycles. The van der Waals surface area contributed by atoms with Crippen molar-refractivity contribution >= 4 is 6.29 Å². The molecule has 0 radical (unpaired) electrons. The van der Waals surface area contributed by atoms with Gasteiger partial charge in [0, 0.05) is 0 Å². The van der Waals surface area contributed by atoms with Crippen molar-refractivity contribution in [3.8, 4) is 0 Å². The molecular formula is C12H24O12. The van der Waals surface area contributed by atoms with E-state index in [4.69, 9.17) is 51.1 Å². The Hall–Kier alpha value is -0.770. The molecule has 0 saturated carbocycles. The molecule has 0 aromatic rings. The van der Waals surface area contributed by atoms with Crippen LogP contribution in [0.2, 0.25) is 0 Å². The summed E-state index contributed by atoms with van der Waals surface area (Å²) in [5, 5.41) is 88.2. The lowest BCUT2D eigenvalue weighted by Crippen LogP contribution is -2.58. The van der Waals surface area contributed by atoms with Gasteiger partial charge in [-0.2, -0.15) is 0 Å². The van der Waals surface area contributed by atoms with Crippen LogP contribution >= 0.6 is 0 Å². The van der Waals surface area contributed by atoms with Crippen LogP contribution < -0.4 is 0 Å². The SMILES string of the molecule is O=CC(O)C(O)C(O)C(O)CO.OC[C@H]1OC(O)[C@H](O)[C@@H](O)[C@H]1O. The molecule has 0 amide bonds. The zero-order valence-corrected chi connectivity index (χ0v) is 12.5. The van der Waals surface area contributed by atoms with Gasteiger partial charge in [-0.05, 0) is 0 Å². The summed E-state index contributed by atoms with van der Waals surface area (Å²) < 4.78 is 4.58. The lowest BCUT2D eigenvalue weighted by molar-refractivity contribution is -0.286. The molecule has 12 heteroatoms. The number of hydrogen-bond acceptors (Lipinski definition) is 12. The third kappa shape index (κ3) is 6.27. The molecule has 144 valence electrons. The Balaban J connectivity index is 0.000000441. The normalized spacial score (nSPS) is 35.2. The van der Waals surface area contributed by atoms with Crippen LogP contribution in [-0.2, 0) is 9.53 Å². The second-order valence-electron chi connectivity index (χ2n) is 5.08. The van der Waals surface area contributed by atoms with Gasteiger partial charge in [0.15, 0.2) is 12.6 Å². The standard InChI is InChI=1S/2C6H12O6/c7-1-2-3(8)4(9)5(10)6(11)12-2;7-1-3(9)5(11)6(12)4(10)2-8/h2-11H,1H2;1,3-6,8-12H,2H2/t2-,3+,4+,5-,6?;/m1./s1. The van der Waals surface area contributed by atoms with Crippen LogP contribution in [0.1, 0.15) is 0 Å². The number of aliphatic hydroxyl groups excluding tert-OH is 10. The highest BCUT2D eigenvalue weighted by atomic mass is 16.6. The summed E-state index contributed by atoms with van der Waals surface area (Å²) >= 11 is 0. The van der Waals surface area contributed by atoms with Gasteiger partial charge < -0.3 is 60.6 Å². The number of ether oxygens (including phenoxy) is 1. The topological polar surface area (TPSA) is 229 Å². The molecule has 10 N–H and O–H groups in total. The van der Waals surface area contributed by atoms with Gasteiger partial charge in [0.1, 0.15) is 48.8 Å². The minimum absolute atomic E-state index is 0.0258. The minimum Gasteiger partial charge on any atom is -0.394 e. The van der Waals surface area contributed by atoms with Crippen molar-refractivity contribution in [2.75, 3.05) is 13.2 Å². The van der Waals surface area contributed by atoms with E-state index in [-0.39, 0.29) is 6.29 Å². The third-order valence-electron chi connectivity index (χ3n) is 3.29. The molecule has 1 heterocycles. The highest BCUT2D eigenvalue weighted by Crippen LogP contribution is 2.19. The summed E-state index contributed by atoms with van der Waals surface area (Å²) in [7, 11) is 0. The van der Waals surface area contributed by atoms with Crippen LogP contribution in [0.15, 0.2) is 0 Å². The molecule has 1 aliphatic rings. The summed E-state index contributed by atoms with van der Waals surface area (Å²) in [6, 6.07) is 0. The molecule has 1 rings (SSSR count). The maximum absolute atomic E-state index is 9.90. The Labute approximate surface area is 136 Å². The highest BCUT2D eigenvalue weighted by Gasteiger charge is 2.42. The first-order chi connectivity index (χ1) is 11.1. The molecule has 1 fully saturated rings. The molecule has 1 aliphatic heterocycles. The predicted molar refractivity (Wildman–Crippen MR) is 73.2 cm³/mol. The van der Waals surface area contributed by atoms with E-state index >= 15 is 0 Å². The number of hydrogen-bond donors (Lipinski definition) is 10. The number of aliphatic hydroxyl groups is 10. The van der Waals surface area contributed by atoms with Crippen LogP contribution in [0.5, 0.6) is 0 Å². The van der Waals surface area contributed by atoms with E-state index in [0.717, 1.165) is 0 Å². The fourth-order valence-corrected chi connectivity index (χ4v) is 1.70. The Bertz CT molecular complexity index is 350. The van der Waals surface area contributed by atoms with Gasteiger partial charge in [-0.3, -0.25) is 0 Å². The molecule has 0 spiro atoms. The molecule has 24 heavy (non-hydrogen) atoms. The first kappa shape index (κ1) is 23.2. The first-order valence-corrected chi connectivity index (χ1v) is 6.89. The lowest BCUT2D eigenvalue weighted by atomic mass is 10.00. The van der Waals surface area contributed by atoms with Crippen molar-refractivity contribution in [2.24, 2.45) is 0 Å². The minimum atomic E-state index is -1.79. The quantitative estimate of drug-likeness (QED) is 0.199. The molecule has 0 aliphatic carbocycles. The van der Waals surface area contributed by atoms with E-state index < -0.39 is 68.3 Å². The Morgan fingerprint density at radius 2 is 1.42 bits per heavy atom. The van der Waals surface area contributed by atoms with Gasteiger partial charge in [0.05, 0.1) is 13.2 Å². The van der Waals surface area contributed by atoms with Crippen molar-refractivity contribution in [1.82, 2.24) is 0 Å². The van der Waals surface area contributed by atoms with Gasteiger partial charge in [-0.1, -0.05) is 0 Å². The summed E-state index contributed by atoms with van der Waals surface area (Å²) in [4.78, 5) is 9.90. The predicted octanol–water partition coefficient (Wildman–Crippen LogP) is -6.60. The maximum Gasteiger partial charge on any atom is 0.184 e. The van der Waals surface area contributed by atoms with Crippen LogP contribution in [0.4, 0.5) is 0 Å². The number of aldehydes is 1. The van der Waals surface area contributed by atoms with Crippen molar-refractivity contribution in [3.63, 3.8) is 0 Å². The zero-order valence-electron chi connectivity index (χ0n) is 12.5. The van der Waals surface area contributed by atoms with E-state index in [0.29, 0.717) is 0 Å². The van der Waals surface area contributed by atoms with Crippen LogP contribution in [0.3, 0.4) is 0 Å². The van der Waals surface area contributed by atoms with Crippen LogP contribution in [-0.4, -0.2) is 126 Å². The average Bonchev–Trinajstić information content (AvgIpc) is 2.60. The van der Waals surface area contributed by atoms with Crippen molar-refractivity contribution in [1.29, 1.82) is 0 Å². The van der Waals surface area contributed by atoms with E-state index in [2.05, 4.69) is 4.74 Å². The van der Waals surface area contributed by atoms with Gasteiger partial charge >= 0.3 is 0 Å². The Morgan fingerprint density at radius 1 is 0.875 bits per heavy atom. The number of carbonyl (C=O) groups is 1. The van der Waals surface area contributed by atoms with Gasteiger partial charge in [-0.15, -0.1) is 0 Å². The third-order valence-corrected chi connectivity index (χ3v) is 3.29. The van der Waals surface area contributed by atoms with Crippen molar-refractivity contribution in [2.45, 2.75) is 55.1 Å². The molecule has 0 bridgehead atoms.